The number of halogens is 3. The summed E-state index contributed by atoms with van der Waals surface area (Å²) in [7, 11) is 0. The van der Waals surface area contributed by atoms with Gasteiger partial charge < -0.3 is 9.73 Å². The van der Waals surface area contributed by atoms with Crippen molar-refractivity contribution < 1.29 is 13.6 Å². The largest absolute Gasteiger partial charge is 0.431 e. The van der Waals surface area contributed by atoms with E-state index in [2.05, 4.69) is 42.2 Å². The Kier molecular flexibility index (Phi) is 5.93. The number of amides is 1. The van der Waals surface area contributed by atoms with Crippen molar-refractivity contribution in [3.05, 3.63) is 63.4 Å². The van der Waals surface area contributed by atoms with E-state index in [0.717, 1.165) is 21.8 Å². The molecule has 128 valence electrons. The monoisotopic (exact) mass is 484 g/mol. The minimum atomic E-state index is -0.499. The van der Waals surface area contributed by atoms with Crippen molar-refractivity contribution >= 4 is 55.2 Å². The molecule has 1 heterocycles. The maximum Gasteiger partial charge on any atom is 0.256 e. The predicted molar refractivity (Wildman–Crippen MR) is 103 cm³/mol. The average Bonchev–Trinajstić information content (AvgIpc) is 3.05. The number of anilines is 1. The molecule has 0 bridgehead atoms. The summed E-state index contributed by atoms with van der Waals surface area (Å²) in [5.41, 5.74) is 1.03. The summed E-state index contributed by atoms with van der Waals surface area (Å²) in [4.78, 5) is 16.1. The van der Waals surface area contributed by atoms with Gasteiger partial charge in [-0.3, -0.25) is 4.79 Å². The lowest BCUT2D eigenvalue weighted by atomic mass is 10.2. The molecule has 0 aliphatic rings. The average molecular weight is 486 g/mol. The van der Waals surface area contributed by atoms with Crippen LogP contribution in [0.5, 0.6) is 0 Å². The third-order valence-corrected chi connectivity index (χ3v) is 5.01. The molecule has 0 saturated heterocycles. The fourth-order valence-electron chi connectivity index (χ4n) is 1.98. The van der Waals surface area contributed by atoms with E-state index in [4.69, 9.17) is 4.42 Å². The number of nitrogens with zero attached hydrogens (tertiary/aromatic N) is 1. The molecule has 0 fully saturated rings. The van der Waals surface area contributed by atoms with E-state index >= 15 is 0 Å². The van der Waals surface area contributed by atoms with Crippen LogP contribution in [-0.2, 0) is 4.79 Å². The standard InChI is InChI=1S/C17H11Br2FN2O2S/c18-11-3-1-10(2-4-11)15-8-21-17(24-15)25-9-16(23)22-14-6-5-12(19)7-13(14)20/h1-8H,9H2,(H,22,23). The molecule has 3 aromatic rings. The van der Waals surface area contributed by atoms with Gasteiger partial charge in [0.2, 0.25) is 5.91 Å². The number of carbonyl (C=O) groups excluding carboxylic acids is 1. The Labute approximate surface area is 164 Å². The highest BCUT2D eigenvalue weighted by Crippen LogP contribution is 2.27. The van der Waals surface area contributed by atoms with Gasteiger partial charge in [-0.25, -0.2) is 9.37 Å². The summed E-state index contributed by atoms with van der Waals surface area (Å²) in [6.07, 6.45) is 1.61. The summed E-state index contributed by atoms with van der Waals surface area (Å²) in [6.45, 7) is 0. The number of rotatable bonds is 5. The number of thioether (sulfide) groups is 1. The Hall–Kier alpha value is -1.64. The van der Waals surface area contributed by atoms with E-state index in [9.17, 15) is 9.18 Å². The lowest BCUT2D eigenvalue weighted by Gasteiger charge is -2.05. The lowest BCUT2D eigenvalue weighted by molar-refractivity contribution is -0.113. The van der Waals surface area contributed by atoms with Gasteiger partial charge in [0, 0.05) is 14.5 Å². The van der Waals surface area contributed by atoms with Gasteiger partial charge in [-0.05, 0) is 30.3 Å². The summed E-state index contributed by atoms with van der Waals surface area (Å²) in [6, 6.07) is 12.1. The first-order valence-corrected chi connectivity index (χ1v) is 9.68. The van der Waals surface area contributed by atoms with Gasteiger partial charge in [0.25, 0.3) is 5.22 Å². The smallest absolute Gasteiger partial charge is 0.256 e. The van der Waals surface area contributed by atoms with Crippen molar-refractivity contribution in [2.75, 3.05) is 11.1 Å². The van der Waals surface area contributed by atoms with Crippen molar-refractivity contribution in [1.82, 2.24) is 4.98 Å². The zero-order valence-corrected chi connectivity index (χ0v) is 16.6. The highest BCUT2D eigenvalue weighted by molar-refractivity contribution is 9.10. The van der Waals surface area contributed by atoms with Crippen LogP contribution in [0.4, 0.5) is 10.1 Å². The molecule has 1 amide bonds. The third-order valence-electron chi connectivity index (χ3n) is 3.15. The fraction of sp³-hybridized carbons (Fsp3) is 0.0588. The van der Waals surface area contributed by atoms with Crippen molar-refractivity contribution in [2.45, 2.75) is 5.22 Å². The molecule has 0 radical (unpaired) electrons. The fourth-order valence-corrected chi connectivity index (χ4v) is 3.18. The Morgan fingerprint density at radius 2 is 1.88 bits per heavy atom. The van der Waals surface area contributed by atoms with Crippen LogP contribution < -0.4 is 5.32 Å². The van der Waals surface area contributed by atoms with Crippen LogP contribution in [0.3, 0.4) is 0 Å². The first-order chi connectivity index (χ1) is 12.0. The van der Waals surface area contributed by atoms with Crippen LogP contribution in [0.25, 0.3) is 11.3 Å². The van der Waals surface area contributed by atoms with Gasteiger partial charge in [-0.1, -0.05) is 55.8 Å². The van der Waals surface area contributed by atoms with Crippen molar-refractivity contribution in [3.63, 3.8) is 0 Å². The van der Waals surface area contributed by atoms with Crippen LogP contribution >= 0.6 is 43.6 Å². The second-order valence-electron chi connectivity index (χ2n) is 4.96. The van der Waals surface area contributed by atoms with E-state index in [1.165, 1.54) is 12.1 Å². The Morgan fingerprint density at radius 1 is 1.16 bits per heavy atom. The molecule has 3 rings (SSSR count). The van der Waals surface area contributed by atoms with Gasteiger partial charge >= 0.3 is 0 Å². The molecule has 4 nitrogen and oxygen atoms in total. The number of benzene rings is 2. The minimum absolute atomic E-state index is 0.0653. The van der Waals surface area contributed by atoms with Gasteiger partial charge in [0.15, 0.2) is 5.76 Å². The van der Waals surface area contributed by atoms with Gasteiger partial charge in [0.1, 0.15) is 5.82 Å². The van der Waals surface area contributed by atoms with Crippen LogP contribution in [0.2, 0.25) is 0 Å². The Bertz CT molecular complexity index is 900. The predicted octanol–water partition coefficient (Wildman–Crippen LogP) is 5.74. The summed E-state index contributed by atoms with van der Waals surface area (Å²) in [5, 5.41) is 2.90. The first-order valence-electron chi connectivity index (χ1n) is 7.11. The maximum absolute atomic E-state index is 13.7. The van der Waals surface area contributed by atoms with E-state index in [-0.39, 0.29) is 17.3 Å². The van der Waals surface area contributed by atoms with Gasteiger partial charge in [0.05, 0.1) is 17.6 Å². The maximum atomic E-state index is 13.7. The summed E-state index contributed by atoms with van der Waals surface area (Å²) < 4.78 is 20.9. The second kappa shape index (κ2) is 8.16. The molecule has 0 aliphatic heterocycles. The van der Waals surface area contributed by atoms with Gasteiger partial charge in [-0.2, -0.15) is 0 Å². The normalized spacial score (nSPS) is 10.7. The van der Waals surface area contributed by atoms with E-state index in [1.54, 1.807) is 12.3 Å². The second-order valence-corrected chi connectivity index (χ2v) is 7.72. The van der Waals surface area contributed by atoms with Crippen LogP contribution in [-0.4, -0.2) is 16.6 Å². The molecule has 0 atom stereocenters. The SMILES string of the molecule is O=C(CSc1ncc(-c2ccc(Br)cc2)o1)Nc1ccc(Br)cc1F. The number of carbonyl (C=O) groups is 1. The lowest BCUT2D eigenvalue weighted by Crippen LogP contribution is -2.15. The number of oxazole rings is 1. The van der Waals surface area contributed by atoms with Gasteiger partial charge in [-0.15, -0.1) is 0 Å². The number of nitrogens with one attached hydrogen (secondary N) is 1. The third kappa shape index (κ3) is 4.93. The summed E-state index contributed by atoms with van der Waals surface area (Å²) in [5.74, 6) is -0.152. The van der Waals surface area contributed by atoms with Crippen molar-refractivity contribution in [3.8, 4) is 11.3 Å². The number of hydrogen-bond donors (Lipinski definition) is 1. The molecule has 1 N–H and O–H groups in total. The number of hydrogen-bond acceptors (Lipinski definition) is 4. The van der Waals surface area contributed by atoms with Crippen LogP contribution in [0.1, 0.15) is 0 Å². The molecule has 0 spiro atoms. The molecule has 25 heavy (non-hydrogen) atoms. The molecule has 0 aliphatic carbocycles. The molecule has 0 unspecified atom stereocenters. The summed E-state index contributed by atoms with van der Waals surface area (Å²) >= 11 is 7.69. The molecule has 8 heteroatoms. The molecule has 0 saturated carbocycles. The minimum Gasteiger partial charge on any atom is -0.431 e. The van der Waals surface area contributed by atoms with Crippen LogP contribution in [0.15, 0.2) is 67.2 Å². The Morgan fingerprint density at radius 3 is 2.60 bits per heavy atom. The Balaban J connectivity index is 1.58. The molecular weight excluding hydrogens is 475 g/mol. The number of aromatic nitrogens is 1. The zero-order chi connectivity index (χ0) is 17.8. The van der Waals surface area contributed by atoms with E-state index in [1.807, 2.05) is 24.3 Å². The van der Waals surface area contributed by atoms with E-state index < -0.39 is 5.82 Å². The van der Waals surface area contributed by atoms with Crippen molar-refractivity contribution in [2.24, 2.45) is 0 Å². The molecule has 2 aromatic carbocycles. The van der Waals surface area contributed by atoms with Crippen LogP contribution in [0, 0.1) is 5.82 Å². The highest BCUT2D eigenvalue weighted by atomic mass is 79.9. The molecule has 1 aromatic heterocycles. The molecular formula is C17H11Br2FN2O2S. The van der Waals surface area contributed by atoms with E-state index in [0.29, 0.717) is 15.5 Å². The topological polar surface area (TPSA) is 55.1 Å². The first kappa shape index (κ1) is 18.2. The quantitative estimate of drug-likeness (QED) is 0.468. The van der Waals surface area contributed by atoms with Crippen molar-refractivity contribution in [1.29, 1.82) is 0 Å². The zero-order valence-electron chi connectivity index (χ0n) is 12.6. The highest BCUT2D eigenvalue weighted by Gasteiger charge is 2.11.